The molecule has 1 aliphatic rings. The van der Waals surface area contributed by atoms with Gasteiger partial charge < -0.3 is 15.4 Å². The maximum Gasteiger partial charge on any atom is 0.191 e. The Kier molecular flexibility index (Phi) is 9.69. The van der Waals surface area contributed by atoms with E-state index < -0.39 is 0 Å². The molecule has 130 valence electrons. The monoisotopic (exact) mass is 453 g/mol. The van der Waals surface area contributed by atoms with E-state index in [1.807, 2.05) is 24.8 Å². The van der Waals surface area contributed by atoms with Gasteiger partial charge in [0.05, 0.1) is 13.7 Å². The van der Waals surface area contributed by atoms with E-state index in [1.165, 1.54) is 31.8 Å². The molecule has 1 aliphatic heterocycles. The number of methoxy groups -OCH3 is 1. The maximum absolute atomic E-state index is 13.7. The summed E-state index contributed by atoms with van der Waals surface area (Å²) < 4.78 is 18.6. The summed E-state index contributed by atoms with van der Waals surface area (Å²) in [6, 6.07) is 4.94. The van der Waals surface area contributed by atoms with E-state index in [2.05, 4.69) is 15.6 Å². The van der Waals surface area contributed by atoms with Gasteiger partial charge in [-0.05, 0) is 43.2 Å². The largest absolute Gasteiger partial charge is 0.494 e. The minimum Gasteiger partial charge on any atom is -0.494 e. The molecule has 4 nitrogen and oxygen atoms in total. The van der Waals surface area contributed by atoms with E-state index in [4.69, 9.17) is 4.74 Å². The van der Waals surface area contributed by atoms with Gasteiger partial charge in [-0.25, -0.2) is 9.38 Å². The van der Waals surface area contributed by atoms with Crippen molar-refractivity contribution in [2.75, 3.05) is 26.0 Å². The molecule has 1 saturated heterocycles. The van der Waals surface area contributed by atoms with Gasteiger partial charge in [0.25, 0.3) is 0 Å². The van der Waals surface area contributed by atoms with Crippen LogP contribution in [0, 0.1) is 5.82 Å². The quantitative estimate of drug-likeness (QED) is 0.394. The van der Waals surface area contributed by atoms with Gasteiger partial charge in [-0.2, -0.15) is 11.8 Å². The Balaban J connectivity index is 0.00000264. The lowest BCUT2D eigenvalue weighted by atomic mass is 10.2. The van der Waals surface area contributed by atoms with Crippen molar-refractivity contribution in [2.24, 2.45) is 4.99 Å². The van der Waals surface area contributed by atoms with Crippen LogP contribution in [0.15, 0.2) is 23.2 Å². The molecule has 7 heteroatoms. The van der Waals surface area contributed by atoms with Crippen LogP contribution in [0.2, 0.25) is 0 Å². The number of ether oxygens (including phenoxy) is 1. The van der Waals surface area contributed by atoms with E-state index in [0.29, 0.717) is 11.8 Å². The summed E-state index contributed by atoms with van der Waals surface area (Å²) in [5.74, 6) is 1.95. The third-order valence-electron chi connectivity index (χ3n) is 3.50. The molecule has 23 heavy (non-hydrogen) atoms. The summed E-state index contributed by atoms with van der Waals surface area (Å²) >= 11 is 2.01. The summed E-state index contributed by atoms with van der Waals surface area (Å²) in [4.78, 5) is 4.52. The second-order valence-corrected chi connectivity index (χ2v) is 6.59. The van der Waals surface area contributed by atoms with Crippen molar-refractivity contribution in [1.29, 1.82) is 0 Å². The first-order valence-corrected chi connectivity index (χ1v) is 8.74. The summed E-state index contributed by atoms with van der Waals surface area (Å²) in [7, 11) is 1.46. The van der Waals surface area contributed by atoms with Gasteiger partial charge in [-0.1, -0.05) is 6.07 Å². The Morgan fingerprint density at radius 3 is 2.87 bits per heavy atom. The Morgan fingerprint density at radius 1 is 1.43 bits per heavy atom. The molecule has 0 aromatic heterocycles. The van der Waals surface area contributed by atoms with E-state index in [0.717, 1.165) is 24.6 Å². The fraction of sp³-hybridized carbons (Fsp3) is 0.562. The number of hydrogen-bond acceptors (Lipinski definition) is 3. The number of thioether (sulfide) groups is 1. The molecular formula is C16H25FIN3OS. The van der Waals surface area contributed by atoms with Gasteiger partial charge in [0.1, 0.15) is 0 Å². The lowest BCUT2D eigenvalue weighted by molar-refractivity contribution is 0.386. The highest BCUT2D eigenvalue weighted by molar-refractivity contribution is 14.0. The summed E-state index contributed by atoms with van der Waals surface area (Å²) in [6.07, 6.45) is 2.57. The van der Waals surface area contributed by atoms with E-state index in [9.17, 15) is 4.39 Å². The predicted octanol–water partition coefficient (Wildman–Crippen LogP) is 3.40. The lowest BCUT2D eigenvalue weighted by Gasteiger charge is -2.14. The van der Waals surface area contributed by atoms with Crippen LogP contribution >= 0.6 is 35.7 Å². The molecule has 1 aromatic rings. The normalized spacial score (nSPS) is 17.5. The number of rotatable bonds is 6. The van der Waals surface area contributed by atoms with Gasteiger partial charge in [-0.3, -0.25) is 0 Å². The molecule has 1 unspecified atom stereocenters. The van der Waals surface area contributed by atoms with E-state index in [1.54, 1.807) is 6.07 Å². The molecule has 0 amide bonds. The van der Waals surface area contributed by atoms with Gasteiger partial charge >= 0.3 is 0 Å². The fourth-order valence-electron chi connectivity index (χ4n) is 2.34. The third-order valence-corrected chi connectivity index (χ3v) is 4.90. The molecular weight excluding hydrogens is 428 g/mol. The van der Waals surface area contributed by atoms with Crippen LogP contribution in [-0.4, -0.2) is 37.2 Å². The van der Waals surface area contributed by atoms with Crippen LogP contribution in [0.3, 0.4) is 0 Å². The van der Waals surface area contributed by atoms with Crippen molar-refractivity contribution < 1.29 is 9.13 Å². The molecule has 0 bridgehead atoms. The number of guanidine groups is 1. The topological polar surface area (TPSA) is 45.7 Å². The molecule has 1 fully saturated rings. The number of nitrogens with zero attached hydrogens (tertiary/aromatic N) is 1. The standard InChI is InChI=1S/C16H24FN3OS.HI/c1-3-18-16(20-11-13-5-4-8-22-13)19-10-12-6-7-15(21-2)14(17)9-12;/h6-7,9,13H,3-5,8,10-11H2,1-2H3,(H2,18,19,20);1H. The molecule has 2 rings (SSSR count). The van der Waals surface area contributed by atoms with Gasteiger partial charge in [0, 0.05) is 18.3 Å². The molecule has 0 radical (unpaired) electrons. The highest BCUT2D eigenvalue weighted by Crippen LogP contribution is 2.25. The Morgan fingerprint density at radius 2 is 2.26 bits per heavy atom. The number of hydrogen-bond donors (Lipinski definition) is 2. The van der Waals surface area contributed by atoms with E-state index in [-0.39, 0.29) is 35.5 Å². The summed E-state index contributed by atoms with van der Waals surface area (Å²) in [6.45, 7) is 4.21. The van der Waals surface area contributed by atoms with Crippen molar-refractivity contribution >= 4 is 41.7 Å². The van der Waals surface area contributed by atoms with Crippen LogP contribution in [0.4, 0.5) is 4.39 Å². The molecule has 0 aliphatic carbocycles. The second-order valence-electron chi connectivity index (χ2n) is 5.18. The van der Waals surface area contributed by atoms with Crippen molar-refractivity contribution in [2.45, 2.75) is 31.6 Å². The molecule has 1 atom stereocenters. The highest BCUT2D eigenvalue weighted by Gasteiger charge is 2.15. The van der Waals surface area contributed by atoms with Gasteiger partial charge in [-0.15, -0.1) is 24.0 Å². The van der Waals surface area contributed by atoms with Crippen molar-refractivity contribution in [3.8, 4) is 5.75 Å². The summed E-state index contributed by atoms with van der Waals surface area (Å²) in [5, 5.41) is 7.26. The fourth-order valence-corrected chi connectivity index (χ4v) is 3.54. The SMILES string of the molecule is CCNC(=NCc1ccc(OC)c(F)c1)NCC1CCCS1.I. The van der Waals surface area contributed by atoms with Crippen molar-refractivity contribution in [3.05, 3.63) is 29.6 Å². The van der Waals surface area contributed by atoms with Crippen LogP contribution in [0.5, 0.6) is 5.75 Å². The highest BCUT2D eigenvalue weighted by atomic mass is 127. The predicted molar refractivity (Wildman–Crippen MR) is 107 cm³/mol. The molecule has 2 N–H and O–H groups in total. The van der Waals surface area contributed by atoms with Crippen molar-refractivity contribution in [3.63, 3.8) is 0 Å². The Hall–Kier alpha value is -0.700. The Labute approximate surface area is 159 Å². The molecule has 0 saturated carbocycles. The lowest BCUT2D eigenvalue weighted by Crippen LogP contribution is -2.40. The zero-order valence-corrected chi connectivity index (χ0v) is 16.7. The minimum absolute atomic E-state index is 0. The second kappa shape index (κ2) is 11.0. The third kappa shape index (κ3) is 6.74. The molecule has 1 heterocycles. The minimum atomic E-state index is -0.351. The molecule has 1 aromatic carbocycles. The van der Waals surface area contributed by atoms with Gasteiger partial charge in [0.15, 0.2) is 17.5 Å². The van der Waals surface area contributed by atoms with Crippen LogP contribution < -0.4 is 15.4 Å². The van der Waals surface area contributed by atoms with Crippen LogP contribution in [-0.2, 0) is 6.54 Å². The average molecular weight is 453 g/mol. The zero-order valence-electron chi connectivity index (χ0n) is 13.6. The average Bonchev–Trinajstić information content (AvgIpc) is 3.03. The first-order valence-electron chi connectivity index (χ1n) is 7.69. The summed E-state index contributed by atoms with van der Waals surface area (Å²) in [5.41, 5.74) is 0.825. The Bertz CT molecular complexity index is 510. The van der Waals surface area contributed by atoms with Gasteiger partial charge in [0.2, 0.25) is 0 Å². The van der Waals surface area contributed by atoms with Crippen LogP contribution in [0.1, 0.15) is 25.3 Å². The maximum atomic E-state index is 13.7. The molecule has 0 spiro atoms. The first kappa shape index (κ1) is 20.3. The number of benzene rings is 1. The van der Waals surface area contributed by atoms with Crippen molar-refractivity contribution in [1.82, 2.24) is 10.6 Å². The first-order chi connectivity index (χ1) is 10.7. The zero-order chi connectivity index (χ0) is 15.8. The smallest absolute Gasteiger partial charge is 0.191 e. The number of nitrogens with one attached hydrogen (secondary N) is 2. The van der Waals surface area contributed by atoms with Crippen LogP contribution in [0.25, 0.3) is 0 Å². The number of halogens is 2. The number of aliphatic imine (C=N–C) groups is 1. The van der Waals surface area contributed by atoms with E-state index >= 15 is 0 Å².